The molecule has 2 heterocycles. The van der Waals surface area contributed by atoms with Gasteiger partial charge in [-0.2, -0.15) is 0 Å². The first-order chi connectivity index (χ1) is 8.34. The van der Waals surface area contributed by atoms with Crippen LogP contribution >= 0.6 is 0 Å². The van der Waals surface area contributed by atoms with Crippen molar-refractivity contribution in [3.8, 4) is 11.5 Å². The van der Waals surface area contributed by atoms with E-state index in [9.17, 15) is 0 Å². The number of hydrogen-bond acceptors (Lipinski definition) is 4. The summed E-state index contributed by atoms with van der Waals surface area (Å²) in [5.74, 6) is 1.09. The van der Waals surface area contributed by atoms with Crippen molar-refractivity contribution in [1.82, 2.24) is 15.0 Å². The van der Waals surface area contributed by atoms with E-state index in [1.54, 1.807) is 18.5 Å². The maximum absolute atomic E-state index is 5.93. The molecule has 0 bridgehead atoms. The van der Waals surface area contributed by atoms with Crippen molar-refractivity contribution in [1.29, 1.82) is 0 Å². The zero-order valence-corrected chi connectivity index (χ0v) is 9.04. The van der Waals surface area contributed by atoms with Gasteiger partial charge < -0.3 is 5.73 Å². The molecule has 0 aliphatic rings. The standard InChI is InChI=1S/C13H10N4/c14-12-10-5-2-1-4-9(10)8-11(17-12)13-15-6-3-7-16-13/h1-8H,(H2,14,17). The average molecular weight is 222 g/mol. The summed E-state index contributed by atoms with van der Waals surface area (Å²) in [7, 11) is 0. The second-order valence-electron chi connectivity index (χ2n) is 3.69. The molecule has 0 saturated carbocycles. The topological polar surface area (TPSA) is 64.7 Å². The van der Waals surface area contributed by atoms with Crippen molar-refractivity contribution >= 4 is 16.6 Å². The lowest BCUT2D eigenvalue weighted by Gasteiger charge is -2.04. The number of nitrogens with two attached hydrogens (primary N) is 1. The molecule has 82 valence electrons. The zero-order valence-electron chi connectivity index (χ0n) is 9.04. The summed E-state index contributed by atoms with van der Waals surface area (Å²) in [6, 6.07) is 11.6. The smallest absolute Gasteiger partial charge is 0.178 e. The highest BCUT2D eigenvalue weighted by Gasteiger charge is 2.06. The van der Waals surface area contributed by atoms with Crippen molar-refractivity contribution in [2.75, 3.05) is 5.73 Å². The van der Waals surface area contributed by atoms with Crippen LogP contribution in [0.15, 0.2) is 48.8 Å². The normalized spacial score (nSPS) is 10.6. The Labute approximate surface area is 98.2 Å². The Bertz CT molecular complexity index is 665. The monoisotopic (exact) mass is 222 g/mol. The summed E-state index contributed by atoms with van der Waals surface area (Å²) in [6.07, 6.45) is 3.38. The minimum absolute atomic E-state index is 0.505. The Hall–Kier alpha value is -2.49. The lowest BCUT2D eigenvalue weighted by molar-refractivity contribution is 1.15. The number of nitrogen functional groups attached to an aromatic ring is 1. The molecule has 4 nitrogen and oxygen atoms in total. The summed E-state index contributed by atoms with van der Waals surface area (Å²) >= 11 is 0. The first-order valence-corrected chi connectivity index (χ1v) is 5.27. The quantitative estimate of drug-likeness (QED) is 0.686. The fraction of sp³-hybridized carbons (Fsp3) is 0. The summed E-state index contributed by atoms with van der Waals surface area (Å²) in [5.41, 5.74) is 6.62. The van der Waals surface area contributed by atoms with E-state index in [0.29, 0.717) is 17.3 Å². The van der Waals surface area contributed by atoms with E-state index in [1.165, 1.54) is 0 Å². The molecule has 0 saturated heterocycles. The SMILES string of the molecule is Nc1nc(-c2ncccn2)cc2ccccc12. The lowest BCUT2D eigenvalue weighted by Crippen LogP contribution is -1.96. The second-order valence-corrected chi connectivity index (χ2v) is 3.69. The van der Waals surface area contributed by atoms with E-state index < -0.39 is 0 Å². The third-order valence-electron chi connectivity index (χ3n) is 2.56. The van der Waals surface area contributed by atoms with Crippen molar-refractivity contribution in [2.24, 2.45) is 0 Å². The minimum Gasteiger partial charge on any atom is -0.383 e. The maximum Gasteiger partial charge on any atom is 0.178 e. The van der Waals surface area contributed by atoms with Crippen molar-refractivity contribution in [3.05, 3.63) is 48.8 Å². The Morgan fingerprint density at radius 3 is 2.53 bits per heavy atom. The van der Waals surface area contributed by atoms with Gasteiger partial charge in [0.25, 0.3) is 0 Å². The molecule has 2 N–H and O–H groups in total. The van der Waals surface area contributed by atoms with Crippen molar-refractivity contribution in [3.63, 3.8) is 0 Å². The molecule has 0 atom stereocenters. The van der Waals surface area contributed by atoms with Crippen LogP contribution in [-0.4, -0.2) is 15.0 Å². The molecule has 17 heavy (non-hydrogen) atoms. The summed E-state index contributed by atoms with van der Waals surface area (Å²) in [5, 5.41) is 2.00. The van der Waals surface area contributed by atoms with Crippen LogP contribution in [0.5, 0.6) is 0 Å². The van der Waals surface area contributed by atoms with E-state index >= 15 is 0 Å². The molecule has 0 fully saturated rings. The van der Waals surface area contributed by atoms with Gasteiger partial charge in [-0.25, -0.2) is 15.0 Å². The van der Waals surface area contributed by atoms with Gasteiger partial charge in [0.05, 0.1) is 0 Å². The Morgan fingerprint density at radius 2 is 1.71 bits per heavy atom. The third-order valence-corrected chi connectivity index (χ3v) is 2.56. The van der Waals surface area contributed by atoms with Crippen molar-refractivity contribution in [2.45, 2.75) is 0 Å². The van der Waals surface area contributed by atoms with Gasteiger partial charge in [-0.15, -0.1) is 0 Å². The molecule has 0 aliphatic carbocycles. The molecule has 3 aromatic rings. The summed E-state index contributed by atoms with van der Waals surface area (Å²) < 4.78 is 0. The number of benzene rings is 1. The predicted octanol–water partition coefficient (Wildman–Crippen LogP) is 2.27. The predicted molar refractivity (Wildman–Crippen MR) is 67.2 cm³/mol. The molecule has 0 aliphatic heterocycles. The maximum atomic E-state index is 5.93. The molecule has 0 radical (unpaired) electrons. The van der Waals surface area contributed by atoms with Gasteiger partial charge in [0.15, 0.2) is 5.82 Å². The number of nitrogens with zero attached hydrogens (tertiary/aromatic N) is 3. The van der Waals surface area contributed by atoms with Gasteiger partial charge in [0.1, 0.15) is 11.5 Å². The van der Waals surface area contributed by atoms with Crippen LogP contribution in [0.2, 0.25) is 0 Å². The molecule has 0 unspecified atom stereocenters. The highest BCUT2D eigenvalue weighted by Crippen LogP contribution is 2.23. The third kappa shape index (κ3) is 1.69. The number of fused-ring (bicyclic) bond motifs is 1. The molecule has 3 rings (SSSR count). The fourth-order valence-electron chi connectivity index (χ4n) is 1.77. The summed E-state index contributed by atoms with van der Waals surface area (Å²) in [6.45, 7) is 0. The minimum atomic E-state index is 0.505. The van der Waals surface area contributed by atoms with Gasteiger partial charge in [0.2, 0.25) is 0 Å². The fourth-order valence-corrected chi connectivity index (χ4v) is 1.77. The zero-order chi connectivity index (χ0) is 11.7. The van der Waals surface area contributed by atoms with Crippen molar-refractivity contribution < 1.29 is 0 Å². The van der Waals surface area contributed by atoms with Gasteiger partial charge in [-0.05, 0) is 17.5 Å². The number of rotatable bonds is 1. The highest BCUT2D eigenvalue weighted by molar-refractivity contribution is 5.93. The number of aromatic nitrogens is 3. The first kappa shape index (κ1) is 9.72. The van der Waals surface area contributed by atoms with Crippen LogP contribution in [0.1, 0.15) is 0 Å². The van der Waals surface area contributed by atoms with Crippen LogP contribution in [0.25, 0.3) is 22.3 Å². The van der Waals surface area contributed by atoms with E-state index in [-0.39, 0.29) is 0 Å². The van der Waals surface area contributed by atoms with Crippen LogP contribution in [-0.2, 0) is 0 Å². The van der Waals surface area contributed by atoms with Crippen LogP contribution in [0, 0.1) is 0 Å². The Morgan fingerprint density at radius 1 is 0.941 bits per heavy atom. The molecular formula is C13H10N4. The molecular weight excluding hydrogens is 212 g/mol. The highest BCUT2D eigenvalue weighted by atomic mass is 14.9. The molecule has 0 amide bonds. The number of pyridine rings is 1. The molecule has 1 aromatic carbocycles. The van der Waals surface area contributed by atoms with Gasteiger partial charge >= 0.3 is 0 Å². The van der Waals surface area contributed by atoms with Gasteiger partial charge in [-0.1, -0.05) is 24.3 Å². The van der Waals surface area contributed by atoms with Crippen LogP contribution < -0.4 is 5.73 Å². The van der Waals surface area contributed by atoms with Gasteiger partial charge in [0, 0.05) is 17.8 Å². The van der Waals surface area contributed by atoms with E-state index in [2.05, 4.69) is 15.0 Å². The largest absolute Gasteiger partial charge is 0.383 e. The van der Waals surface area contributed by atoms with E-state index in [1.807, 2.05) is 30.3 Å². The molecule has 2 aromatic heterocycles. The Kier molecular flexibility index (Phi) is 2.19. The molecule has 4 heteroatoms. The van der Waals surface area contributed by atoms with Gasteiger partial charge in [-0.3, -0.25) is 0 Å². The lowest BCUT2D eigenvalue weighted by atomic mass is 10.1. The van der Waals surface area contributed by atoms with E-state index in [4.69, 9.17) is 5.73 Å². The second kappa shape index (κ2) is 3.83. The first-order valence-electron chi connectivity index (χ1n) is 5.27. The van der Waals surface area contributed by atoms with E-state index in [0.717, 1.165) is 10.8 Å². The van der Waals surface area contributed by atoms with Crippen LogP contribution in [0.4, 0.5) is 5.82 Å². The Balaban J connectivity index is 2.26. The number of hydrogen-bond donors (Lipinski definition) is 1. The molecule has 0 spiro atoms. The number of anilines is 1. The summed E-state index contributed by atoms with van der Waals surface area (Å²) in [4.78, 5) is 12.7. The van der Waals surface area contributed by atoms with Crippen LogP contribution in [0.3, 0.4) is 0 Å². The average Bonchev–Trinajstić information content (AvgIpc) is 2.40.